The Kier molecular flexibility index (Phi) is 11.7. The SMILES string of the molecule is CN=C(NCCNC(=O)C(C)(C)C)NCc1cc(OC)ccc1OC(F)F.I. The van der Waals surface area contributed by atoms with Crippen LogP contribution in [0.3, 0.4) is 0 Å². The molecule has 0 radical (unpaired) electrons. The zero-order valence-corrected chi connectivity index (χ0v) is 19.1. The van der Waals surface area contributed by atoms with Crippen molar-refractivity contribution >= 4 is 35.8 Å². The number of rotatable bonds is 8. The second kappa shape index (κ2) is 12.6. The molecule has 28 heavy (non-hydrogen) atoms. The van der Waals surface area contributed by atoms with Crippen molar-refractivity contribution in [2.45, 2.75) is 33.9 Å². The van der Waals surface area contributed by atoms with Crippen molar-refractivity contribution in [1.82, 2.24) is 16.0 Å². The summed E-state index contributed by atoms with van der Waals surface area (Å²) in [5.41, 5.74) is 0.0477. The molecule has 0 spiro atoms. The van der Waals surface area contributed by atoms with Crippen LogP contribution in [0, 0.1) is 5.41 Å². The Morgan fingerprint density at radius 1 is 1.18 bits per heavy atom. The molecule has 1 rings (SSSR count). The van der Waals surface area contributed by atoms with E-state index in [0.717, 1.165) is 0 Å². The highest BCUT2D eigenvalue weighted by atomic mass is 127. The molecule has 0 aliphatic heterocycles. The van der Waals surface area contributed by atoms with E-state index < -0.39 is 12.0 Å². The zero-order chi connectivity index (χ0) is 20.4. The van der Waals surface area contributed by atoms with Gasteiger partial charge in [-0.3, -0.25) is 9.79 Å². The fourth-order valence-corrected chi connectivity index (χ4v) is 2.05. The lowest BCUT2D eigenvalue weighted by molar-refractivity contribution is -0.128. The molecular weight excluding hydrogens is 485 g/mol. The monoisotopic (exact) mass is 514 g/mol. The normalized spacial score (nSPS) is 11.5. The van der Waals surface area contributed by atoms with E-state index in [-0.39, 0.29) is 42.2 Å². The van der Waals surface area contributed by atoms with Crippen LogP contribution < -0.4 is 25.4 Å². The highest BCUT2D eigenvalue weighted by molar-refractivity contribution is 14.0. The van der Waals surface area contributed by atoms with Crippen molar-refractivity contribution in [1.29, 1.82) is 0 Å². The molecule has 1 aromatic carbocycles. The number of alkyl halides is 2. The Bertz CT molecular complexity index is 652. The van der Waals surface area contributed by atoms with Crippen LogP contribution in [0.1, 0.15) is 26.3 Å². The smallest absolute Gasteiger partial charge is 0.387 e. The first-order valence-electron chi connectivity index (χ1n) is 8.52. The number of amides is 1. The van der Waals surface area contributed by atoms with Gasteiger partial charge in [-0.15, -0.1) is 24.0 Å². The van der Waals surface area contributed by atoms with Crippen molar-refractivity contribution in [3.63, 3.8) is 0 Å². The van der Waals surface area contributed by atoms with Gasteiger partial charge in [-0.2, -0.15) is 8.78 Å². The molecule has 0 bridgehead atoms. The average Bonchev–Trinajstić information content (AvgIpc) is 2.60. The minimum atomic E-state index is -2.92. The summed E-state index contributed by atoms with van der Waals surface area (Å²) in [4.78, 5) is 15.9. The fraction of sp³-hybridized carbons (Fsp3) is 0.556. The maximum Gasteiger partial charge on any atom is 0.387 e. The largest absolute Gasteiger partial charge is 0.497 e. The number of guanidine groups is 1. The molecule has 1 aromatic rings. The van der Waals surface area contributed by atoms with Crippen LogP contribution in [0.25, 0.3) is 0 Å². The van der Waals surface area contributed by atoms with Crippen molar-refractivity contribution in [2.24, 2.45) is 10.4 Å². The molecule has 0 aliphatic carbocycles. The van der Waals surface area contributed by atoms with Gasteiger partial charge in [-0.1, -0.05) is 20.8 Å². The minimum Gasteiger partial charge on any atom is -0.497 e. The van der Waals surface area contributed by atoms with Gasteiger partial charge in [0.25, 0.3) is 0 Å². The molecule has 1 amide bonds. The summed E-state index contributed by atoms with van der Waals surface area (Å²) in [6.07, 6.45) is 0. The molecule has 0 atom stereocenters. The lowest BCUT2D eigenvalue weighted by Gasteiger charge is -2.18. The number of methoxy groups -OCH3 is 1. The molecule has 0 saturated heterocycles. The first kappa shape index (κ1) is 26.1. The zero-order valence-electron chi connectivity index (χ0n) is 16.8. The Morgan fingerprint density at radius 3 is 2.36 bits per heavy atom. The Balaban J connectivity index is 0.00000729. The van der Waals surface area contributed by atoms with Gasteiger partial charge in [0.2, 0.25) is 5.91 Å². The molecule has 0 fully saturated rings. The van der Waals surface area contributed by atoms with Crippen molar-refractivity contribution < 1.29 is 23.0 Å². The maximum absolute atomic E-state index is 12.6. The Hall–Kier alpha value is -1.85. The van der Waals surface area contributed by atoms with Gasteiger partial charge in [0.1, 0.15) is 11.5 Å². The van der Waals surface area contributed by atoms with Crippen LogP contribution >= 0.6 is 24.0 Å². The third-order valence-corrected chi connectivity index (χ3v) is 3.54. The number of carbonyl (C=O) groups is 1. The van der Waals surface area contributed by atoms with E-state index >= 15 is 0 Å². The van der Waals surface area contributed by atoms with E-state index in [2.05, 4.69) is 25.7 Å². The van der Waals surface area contributed by atoms with Crippen LogP contribution in [0.2, 0.25) is 0 Å². The van der Waals surface area contributed by atoms with Crippen LogP contribution in [0.4, 0.5) is 8.78 Å². The molecule has 0 saturated carbocycles. The van der Waals surface area contributed by atoms with Crippen LogP contribution in [0.5, 0.6) is 11.5 Å². The van der Waals surface area contributed by atoms with E-state index in [1.165, 1.54) is 13.2 Å². The maximum atomic E-state index is 12.6. The predicted molar refractivity (Wildman–Crippen MR) is 116 cm³/mol. The topological polar surface area (TPSA) is 84.0 Å². The molecular formula is C18H29F2IN4O3. The lowest BCUT2D eigenvalue weighted by Crippen LogP contribution is -2.43. The van der Waals surface area contributed by atoms with Gasteiger partial charge in [-0.05, 0) is 18.2 Å². The highest BCUT2D eigenvalue weighted by Crippen LogP contribution is 2.25. The summed E-state index contributed by atoms with van der Waals surface area (Å²) < 4.78 is 34.8. The lowest BCUT2D eigenvalue weighted by atomic mass is 9.96. The summed E-state index contributed by atoms with van der Waals surface area (Å²) in [5, 5.41) is 8.87. The number of hydrogen-bond acceptors (Lipinski definition) is 4. The quantitative estimate of drug-likeness (QED) is 0.215. The number of hydrogen-bond donors (Lipinski definition) is 3. The molecule has 3 N–H and O–H groups in total. The molecule has 10 heteroatoms. The second-order valence-electron chi connectivity index (χ2n) is 6.71. The van der Waals surface area contributed by atoms with E-state index in [0.29, 0.717) is 30.4 Å². The van der Waals surface area contributed by atoms with Gasteiger partial charge in [0, 0.05) is 37.7 Å². The van der Waals surface area contributed by atoms with E-state index in [4.69, 9.17) is 4.74 Å². The van der Waals surface area contributed by atoms with Gasteiger partial charge >= 0.3 is 6.61 Å². The Labute approximate surface area is 181 Å². The third-order valence-electron chi connectivity index (χ3n) is 3.54. The summed E-state index contributed by atoms with van der Waals surface area (Å²) in [6, 6.07) is 4.59. The van der Waals surface area contributed by atoms with Crippen LogP contribution in [-0.2, 0) is 11.3 Å². The molecule has 160 valence electrons. The van der Waals surface area contributed by atoms with E-state index in [1.54, 1.807) is 19.2 Å². The minimum absolute atomic E-state index is 0. The van der Waals surface area contributed by atoms with Gasteiger partial charge < -0.3 is 25.4 Å². The van der Waals surface area contributed by atoms with Crippen LogP contribution in [0.15, 0.2) is 23.2 Å². The molecule has 7 nitrogen and oxygen atoms in total. The number of halogens is 3. The van der Waals surface area contributed by atoms with Crippen molar-refractivity contribution in [2.75, 3.05) is 27.2 Å². The highest BCUT2D eigenvalue weighted by Gasteiger charge is 2.20. The number of aliphatic imine (C=N–C) groups is 1. The number of benzene rings is 1. The predicted octanol–water partition coefficient (Wildman–Crippen LogP) is 2.74. The number of ether oxygens (including phenoxy) is 2. The van der Waals surface area contributed by atoms with Crippen molar-refractivity contribution in [3.05, 3.63) is 23.8 Å². The summed E-state index contributed by atoms with van der Waals surface area (Å²) in [6.45, 7) is 3.68. The average molecular weight is 514 g/mol. The number of nitrogens with zero attached hydrogens (tertiary/aromatic N) is 1. The molecule has 0 aliphatic rings. The van der Waals surface area contributed by atoms with Gasteiger partial charge in [0.15, 0.2) is 5.96 Å². The number of carbonyl (C=O) groups excluding carboxylic acids is 1. The van der Waals surface area contributed by atoms with Gasteiger partial charge in [0.05, 0.1) is 7.11 Å². The Morgan fingerprint density at radius 2 is 1.82 bits per heavy atom. The standard InChI is InChI=1S/C18H28F2N4O3.HI/c1-18(2,3)15(25)22-8-9-23-17(21-4)24-11-12-10-13(26-5)6-7-14(12)27-16(19)20;/h6-7,10,16H,8-9,11H2,1-5H3,(H,22,25)(H2,21,23,24);1H. The molecule has 0 aromatic heterocycles. The number of nitrogens with one attached hydrogen (secondary N) is 3. The van der Waals surface area contributed by atoms with E-state index in [9.17, 15) is 13.6 Å². The molecule has 0 heterocycles. The van der Waals surface area contributed by atoms with Crippen LogP contribution in [-0.4, -0.2) is 45.7 Å². The third kappa shape index (κ3) is 9.38. The van der Waals surface area contributed by atoms with E-state index in [1.807, 2.05) is 20.8 Å². The first-order chi connectivity index (χ1) is 12.7. The first-order valence-corrected chi connectivity index (χ1v) is 8.52. The van der Waals surface area contributed by atoms with Crippen molar-refractivity contribution in [3.8, 4) is 11.5 Å². The summed E-state index contributed by atoms with van der Waals surface area (Å²) >= 11 is 0. The molecule has 0 unspecified atom stereocenters. The summed E-state index contributed by atoms with van der Waals surface area (Å²) in [7, 11) is 3.08. The second-order valence-corrected chi connectivity index (χ2v) is 6.71. The van der Waals surface area contributed by atoms with Gasteiger partial charge in [-0.25, -0.2) is 0 Å². The fourth-order valence-electron chi connectivity index (χ4n) is 2.05. The summed E-state index contributed by atoms with van der Waals surface area (Å²) in [5.74, 6) is 1.01.